The number of carboxylic acid groups (broad SMARTS) is 1. The van der Waals surface area contributed by atoms with Crippen LogP contribution in [0.3, 0.4) is 0 Å². The quantitative estimate of drug-likeness (QED) is 0.821. The van der Waals surface area contributed by atoms with Gasteiger partial charge in [-0.2, -0.15) is 0 Å². The van der Waals surface area contributed by atoms with Crippen molar-refractivity contribution < 1.29 is 15.0 Å². The Labute approximate surface area is 97.3 Å². The van der Waals surface area contributed by atoms with E-state index in [0.717, 1.165) is 5.52 Å². The lowest BCUT2D eigenvalue weighted by Gasteiger charge is -2.32. The number of aromatic carboxylic acids is 1. The third kappa shape index (κ3) is 1.51. The number of rotatable bonds is 2. The summed E-state index contributed by atoms with van der Waals surface area (Å²) in [7, 11) is 0. The molecule has 2 N–H and O–H groups in total. The molecule has 0 unspecified atom stereocenters. The zero-order valence-electron chi connectivity index (χ0n) is 9.08. The third-order valence-electron chi connectivity index (χ3n) is 3.32. The summed E-state index contributed by atoms with van der Waals surface area (Å²) in [5.41, 5.74) is 1.56. The number of hydrogen-bond acceptors (Lipinski definition) is 3. The van der Waals surface area contributed by atoms with Crippen molar-refractivity contribution >= 4 is 17.0 Å². The van der Waals surface area contributed by atoms with Crippen LogP contribution in [0.2, 0.25) is 0 Å². The number of aromatic nitrogens is 2. The summed E-state index contributed by atoms with van der Waals surface area (Å²) in [5.74, 6) is -0.963. The first-order valence-electron chi connectivity index (χ1n) is 5.53. The molecule has 1 aliphatic carbocycles. The second kappa shape index (κ2) is 3.56. The molecule has 0 spiro atoms. The molecule has 1 aliphatic rings. The fraction of sp³-hybridized carbons (Fsp3) is 0.333. The molecule has 0 aliphatic heterocycles. The van der Waals surface area contributed by atoms with Gasteiger partial charge in [-0.15, -0.1) is 0 Å². The molecular weight excluding hydrogens is 220 g/mol. The van der Waals surface area contributed by atoms with Gasteiger partial charge in [0.05, 0.1) is 23.5 Å². The van der Waals surface area contributed by atoms with Crippen LogP contribution in [0.1, 0.15) is 29.2 Å². The molecule has 2 aromatic rings. The Morgan fingerprint density at radius 1 is 1.41 bits per heavy atom. The third-order valence-corrected chi connectivity index (χ3v) is 3.32. The first-order chi connectivity index (χ1) is 8.16. The van der Waals surface area contributed by atoms with Crippen molar-refractivity contribution in [1.29, 1.82) is 0 Å². The Kier molecular flexibility index (Phi) is 2.16. The molecule has 1 saturated carbocycles. The molecule has 0 radical (unpaired) electrons. The van der Waals surface area contributed by atoms with Gasteiger partial charge in [-0.25, -0.2) is 9.78 Å². The molecule has 3 rings (SSSR count). The fourth-order valence-corrected chi connectivity index (χ4v) is 2.31. The molecule has 0 atom stereocenters. The van der Waals surface area contributed by atoms with E-state index in [0.29, 0.717) is 18.4 Å². The minimum Gasteiger partial charge on any atom is -0.478 e. The maximum Gasteiger partial charge on any atom is 0.337 e. The number of hydrogen-bond donors (Lipinski definition) is 2. The van der Waals surface area contributed by atoms with Gasteiger partial charge in [-0.1, -0.05) is 6.07 Å². The molecule has 5 nitrogen and oxygen atoms in total. The predicted octanol–water partition coefficient (Wildman–Crippen LogP) is 1.43. The van der Waals surface area contributed by atoms with Crippen LogP contribution in [-0.4, -0.2) is 31.8 Å². The standard InChI is InChI=1S/C12H12N2O3/c15-8-4-7(5-8)14-6-13-11-9(12(16)17)2-1-3-10(11)14/h1-3,6-8,15H,4-5H2,(H,16,17). The minimum atomic E-state index is -0.963. The van der Waals surface area contributed by atoms with Gasteiger partial charge in [-0.05, 0) is 25.0 Å². The molecule has 17 heavy (non-hydrogen) atoms. The molecular formula is C12H12N2O3. The van der Waals surface area contributed by atoms with E-state index in [1.807, 2.05) is 10.6 Å². The number of fused-ring (bicyclic) bond motifs is 1. The van der Waals surface area contributed by atoms with Crippen molar-refractivity contribution in [3.8, 4) is 0 Å². The highest BCUT2D eigenvalue weighted by Crippen LogP contribution is 2.34. The van der Waals surface area contributed by atoms with E-state index in [1.54, 1.807) is 18.5 Å². The monoisotopic (exact) mass is 232 g/mol. The highest BCUT2D eigenvalue weighted by Gasteiger charge is 2.29. The van der Waals surface area contributed by atoms with Gasteiger partial charge in [-0.3, -0.25) is 0 Å². The maximum absolute atomic E-state index is 11.0. The van der Waals surface area contributed by atoms with E-state index in [2.05, 4.69) is 4.98 Å². The first-order valence-corrected chi connectivity index (χ1v) is 5.53. The molecule has 0 amide bonds. The lowest BCUT2D eigenvalue weighted by Crippen LogP contribution is -2.30. The summed E-state index contributed by atoms with van der Waals surface area (Å²) in [6.07, 6.45) is 2.85. The molecule has 1 aromatic carbocycles. The average molecular weight is 232 g/mol. The summed E-state index contributed by atoms with van der Waals surface area (Å²) < 4.78 is 1.95. The van der Waals surface area contributed by atoms with Crippen LogP contribution in [0.25, 0.3) is 11.0 Å². The molecule has 0 bridgehead atoms. The summed E-state index contributed by atoms with van der Waals surface area (Å²) in [4.78, 5) is 15.2. The number of imidazole rings is 1. The van der Waals surface area contributed by atoms with Crippen LogP contribution in [0.15, 0.2) is 24.5 Å². The van der Waals surface area contributed by atoms with Crippen LogP contribution < -0.4 is 0 Å². The van der Waals surface area contributed by atoms with Crippen LogP contribution in [-0.2, 0) is 0 Å². The molecule has 1 heterocycles. The number of aliphatic hydroxyl groups excluding tert-OH is 1. The van der Waals surface area contributed by atoms with Crippen molar-refractivity contribution in [2.45, 2.75) is 25.0 Å². The lowest BCUT2D eigenvalue weighted by molar-refractivity contribution is 0.0501. The number of para-hydroxylation sites is 1. The van der Waals surface area contributed by atoms with E-state index in [-0.39, 0.29) is 17.7 Å². The summed E-state index contributed by atoms with van der Waals surface area (Å²) in [6.45, 7) is 0. The number of carbonyl (C=O) groups is 1. The smallest absolute Gasteiger partial charge is 0.337 e. The van der Waals surface area contributed by atoms with E-state index in [9.17, 15) is 9.90 Å². The van der Waals surface area contributed by atoms with Crippen molar-refractivity contribution in [2.24, 2.45) is 0 Å². The topological polar surface area (TPSA) is 75.3 Å². The number of aliphatic hydroxyl groups is 1. The van der Waals surface area contributed by atoms with Crippen molar-refractivity contribution in [3.05, 3.63) is 30.1 Å². The number of benzene rings is 1. The molecule has 5 heteroatoms. The Morgan fingerprint density at radius 2 is 2.18 bits per heavy atom. The van der Waals surface area contributed by atoms with Gasteiger partial charge in [0.2, 0.25) is 0 Å². The van der Waals surface area contributed by atoms with E-state index in [1.165, 1.54) is 0 Å². The van der Waals surface area contributed by atoms with Crippen LogP contribution in [0, 0.1) is 0 Å². The summed E-state index contributed by atoms with van der Waals surface area (Å²) in [5, 5.41) is 18.4. The SMILES string of the molecule is O=C(O)c1cccc2c1ncn2C1CC(O)C1. The number of carboxylic acids is 1. The second-order valence-corrected chi connectivity index (χ2v) is 4.41. The molecule has 1 aromatic heterocycles. The Balaban J connectivity index is 2.10. The fourth-order valence-electron chi connectivity index (χ4n) is 2.31. The summed E-state index contributed by atoms with van der Waals surface area (Å²) in [6, 6.07) is 5.37. The number of nitrogens with zero attached hydrogens (tertiary/aromatic N) is 2. The van der Waals surface area contributed by atoms with Crippen LogP contribution >= 0.6 is 0 Å². The summed E-state index contributed by atoms with van der Waals surface area (Å²) >= 11 is 0. The van der Waals surface area contributed by atoms with Crippen molar-refractivity contribution in [1.82, 2.24) is 9.55 Å². The second-order valence-electron chi connectivity index (χ2n) is 4.41. The normalized spacial score (nSPS) is 23.6. The van der Waals surface area contributed by atoms with Crippen molar-refractivity contribution in [3.63, 3.8) is 0 Å². The van der Waals surface area contributed by atoms with Crippen molar-refractivity contribution in [2.75, 3.05) is 0 Å². The molecule has 1 fully saturated rings. The van der Waals surface area contributed by atoms with Gasteiger partial charge in [0.25, 0.3) is 0 Å². The zero-order valence-corrected chi connectivity index (χ0v) is 9.08. The average Bonchev–Trinajstić information content (AvgIpc) is 2.67. The van der Waals surface area contributed by atoms with Gasteiger partial charge in [0.1, 0.15) is 5.52 Å². The van der Waals surface area contributed by atoms with Gasteiger partial charge < -0.3 is 14.8 Å². The Hall–Kier alpha value is -1.88. The van der Waals surface area contributed by atoms with E-state index >= 15 is 0 Å². The predicted molar refractivity (Wildman–Crippen MR) is 61.0 cm³/mol. The van der Waals surface area contributed by atoms with E-state index < -0.39 is 5.97 Å². The zero-order chi connectivity index (χ0) is 12.0. The largest absolute Gasteiger partial charge is 0.478 e. The highest BCUT2D eigenvalue weighted by atomic mass is 16.4. The molecule has 0 saturated heterocycles. The Morgan fingerprint density at radius 3 is 2.82 bits per heavy atom. The molecule has 88 valence electrons. The minimum absolute atomic E-state index is 0.223. The van der Waals surface area contributed by atoms with E-state index in [4.69, 9.17) is 5.11 Å². The highest BCUT2D eigenvalue weighted by molar-refractivity contribution is 6.00. The first kappa shape index (κ1) is 10.3. The van der Waals surface area contributed by atoms with Crippen LogP contribution in [0.5, 0.6) is 0 Å². The maximum atomic E-state index is 11.0. The van der Waals surface area contributed by atoms with Gasteiger partial charge in [0, 0.05) is 6.04 Å². The van der Waals surface area contributed by atoms with Crippen LogP contribution in [0.4, 0.5) is 0 Å². The Bertz CT molecular complexity index is 584. The lowest BCUT2D eigenvalue weighted by atomic mass is 9.89. The van der Waals surface area contributed by atoms with Gasteiger partial charge in [0.15, 0.2) is 0 Å². The van der Waals surface area contributed by atoms with Gasteiger partial charge >= 0.3 is 5.97 Å².